The van der Waals surface area contributed by atoms with E-state index in [1.54, 1.807) is 64.5 Å². The first-order valence-electron chi connectivity index (χ1n) is 33.6. The number of benzene rings is 1. The van der Waals surface area contributed by atoms with E-state index < -0.39 is 145 Å². The Morgan fingerprint density at radius 1 is 0.861 bits per heavy atom. The number of methoxy groups -OCH3 is 1. The minimum absolute atomic E-state index is 0.00827. The van der Waals surface area contributed by atoms with E-state index in [1.165, 1.54) is 60.0 Å². The Morgan fingerprint density at radius 2 is 1.56 bits per heavy atom. The Bertz CT molecular complexity index is 4980. The fourth-order valence-corrected chi connectivity index (χ4v) is 17.4. The van der Waals surface area contributed by atoms with Crippen LogP contribution in [0.15, 0.2) is 75.6 Å². The van der Waals surface area contributed by atoms with Gasteiger partial charge in [-0.3, -0.25) is 28.8 Å². The normalized spacial score (nSPS) is 23.3. The molecule has 0 saturated carbocycles. The van der Waals surface area contributed by atoms with Crippen LogP contribution < -0.4 is 32.3 Å². The smallest absolute Gasteiger partial charge is 0.358 e. The number of ether oxygens (including phenoxy) is 6. The number of hydrogen-bond acceptors (Lipinski definition) is 32. The Labute approximate surface area is 634 Å². The van der Waals surface area contributed by atoms with E-state index >= 15 is 19.2 Å². The number of nitrogens with two attached hydrogens (primary N) is 1. The van der Waals surface area contributed by atoms with Gasteiger partial charge in [-0.2, -0.15) is 4.73 Å². The first-order chi connectivity index (χ1) is 51.6. The number of hydrogen-bond donors (Lipinski definition) is 10. The molecule has 6 amide bonds. The van der Waals surface area contributed by atoms with Crippen molar-refractivity contribution in [2.45, 2.75) is 127 Å². The van der Waals surface area contributed by atoms with Crippen LogP contribution in [0, 0.1) is 0 Å². The van der Waals surface area contributed by atoms with Gasteiger partial charge in [0.1, 0.15) is 126 Å². The van der Waals surface area contributed by atoms with E-state index in [0.29, 0.717) is 29.8 Å². The number of primary amides is 1. The van der Waals surface area contributed by atoms with Gasteiger partial charge in [0, 0.05) is 75.3 Å². The number of nitrogens with one attached hydrogen (secondary N) is 5. The number of nitrogens with zero attached hydrogens (tertiary/aromatic N) is 11. The van der Waals surface area contributed by atoms with Crippen molar-refractivity contribution in [3.05, 3.63) is 130 Å². The third-order valence-electron chi connectivity index (χ3n) is 18.4. The summed E-state index contributed by atoms with van der Waals surface area (Å²) in [6.07, 6.45) is -1.70. The van der Waals surface area contributed by atoms with E-state index in [2.05, 4.69) is 46.5 Å². The summed E-state index contributed by atoms with van der Waals surface area (Å²) in [6.45, 7) is 5.51. The van der Waals surface area contributed by atoms with Gasteiger partial charge in [0.15, 0.2) is 18.1 Å². The van der Waals surface area contributed by atoms with Crippen LogP contribution >= 0.6 is 56.7 Å². The molecule has 12 bridgehead atoms. The molecule has 1 fully saturated rings. The fraction of sp³-hybridized carbons (Fsp3) is 0.397. The molecule has 12 heterocycles. The van der Waals surface area contributed by atoms with Crippen LogP contribution in [-0.4, -0.2) is 224 Å². The summed E-state index contributed by atoms with van der Waals surface area (Å²) in [5.41, 5.74) is 3.01. The maximum Gasteiger partial charge on any atom is 0.358 e. The van der Waals surface area contributed by atoms with Gasteiger partial charge in [-0.1, -0.05) is 12.1 Å². The molecule has 108 heavy (non-hydrogen) atoms. The number of carbonyl (C=O) groups is 8. The summed E-state index contributed by atoms with van der Waals surface area (Å²) in [5.74, 6) is -7.97. The number of cyclic esters (lactones) is 2. The van der Waals surface area contributed by atoms with Gasteiger partial charge in [-0.05, 0) is 79.5 Å². The zero-order valence-electron chi connectivity index (χ0n) is 58.9. The summed E-state index contributed by atoms with van der Waals surface area (Å²) >= 11 is 4.52. The van der Waals surface area contributed by atoms with Gasteiger partial charge >= 0.3 is 11.9 Å². The van der Waals surface area contributed by atoms with E-state index in [9.17, 15) is 39.7 Å². The highest BCUT2D eigenvalue weighted by molar-refractivity contribution is 7.14. The van der Waals surface area contributed by atoms with Crippen LogP contribution in [0.2, 0.25) is 0 Å². The molecular formula is C68H73N17O18S5. The Balaban J connectivity index is 0.936. The molecule has 13 rings (SSSR count). The second-order valence-electron chi connectivity index (χ2n) is 26.4. The summed E-state index contributed by atoms with van der Waals surface area (Å²) in [5, 5.41) is 68.4. The average Bonchev–Trinajstić information content (AvgIpc) is 1.58. The van der Waals surface area contributed by atoms with E-state index in [1.807, 2.05) is 15.7 Å². The molecule has 1 aromatic carbocycles. The van der Waals surface area contributed by atoms with E-state index in [4.69, 9.17) is 49.1 Å². The quantitative estimate of drug-likeness (QED) is 0.0394. The van der Waals surface area contributed by atoms with Crippen molar-refractivity contribution in [3.63, 3.8) is 0 Å². The Kier molecular flexibility index (Phi) is 22.3. The summed E-state index contributed by atoms with van der Waals surface area (Å²) in [6, 6.07) is -0.500. The van der Waals surface area contributed by atoms with Gasteiger partial charge in [0.25, 0.3) is 23.6 Å². The lowest BCUT2D eigenvalue weighted by atomic mass is 9.85. The van der Waals surface area contributed by atoms with Crippen LogP contribution in [0.5, 0.6) is 5.75 Å². The molecule has 568 valence electrons. The molecular weight excluding hydrogens is 1500 g/mol. The largest absolute Gasteiger partial charge is 0.506 e. The summed E-state index contributed by atoms with van der Waals surface area (Å²) in [4.78, 5) is 152. The second-order valence-corrected chi connectivity index (χ2v) is 30.7. The predicted octanol–water partition coefficient (Wildman–Crippen LogP) is 3.97. The lowest BCUT2D eigenvalue weighted by Crippen LogP contribution is -2.62. The number of pyridine rings is 1. The van der Waals surface area contributed by atoms with E-state index in [0.717, 1.165) is 56.7 Å². The monoisotopic (exact) mass is 1580 g/mol. The van der Waals surface area contributed by atoms with Crippen LogP contribution in [0.4, 0.5) is 0 Å². The van der Waals surface area contributed by atoms with Crippen molar-refractivity contribution in [2.24, 2.45) is 5.73 Å². The molecule has 35 nitrogen and oxygen atoms in total. The number of aliphatic hydroxyl groups is 2. The number of esters is 2. The lowest BCUT2D eigenvalue weighted by Gasteiger charge is -2.48. The predicted molar refractivity (Wildman–Crippen MR) is 389 cm³/mol. The van der Waals surface area contributed by atoms with Gasteiger partial charge in [-0.15, -0.1) is 56.7 Å². The van der Waals surface area contributed by atoms with Crippen LogP contribution in [0.3, 0.4) is 0 Å². The topological polar surface area (TPSA) is 466 Å². The number of aromatic hydroxyl groups is 1. The molecule has 4 aliphatic rings. The highest BCUT2D eigenvalue weighted by atomic mass is 32.1. The minimum atomic E-state index is -1.92. The van der Waals surface area contributed by atoms with Crippen molar-refractivity contribution in [1.82, 2.24) is 80.6 Å². The van der Waals surface area contributed by atoms with Crippen molar-refractivity contribution in [2.75, 3.05) is 47.9 Å². The van der Waals surface area contributed by atoms with Crippen molar-refractivity contribution in [3.8, 4) is 38.4 Å². The number of carbonyl (C=O) groups excluding carboxylic acids is 8. The summed E-state index contributed by atoms with van der Waals surface area (Å²) in [7, 11) is 6.62. The highest BCUT2D eigenvalue weighted by Crippen LogP contribution is 2.43. The summed E-state index contributed by atoms with van der Waals surface area (Å²) < 4.78 is 40.3. The molecule has 11 atom stereocenters. The number of likely N-dealkylation sites (N-methyl/N-ethyl adjacent to an activating group) is 2. The first kappa shape index (κ1) is 76.1. The zero-order valence-corrected chi connectivity index (χ0v) is 63.0. The van der Waals surface area contributed by atoms with Crippen LogP contribution in [-0.2, 0) is 62.6 Å². The number of rotatable bonds is 15. The molecule has 11 N–H and O–H groups in total. The maximum atomic E-state index is 15.2. The Hall–Kier alpha value is -10.1. The van der Waals surface area contributed by atoms with Gasteiger partial charge in [0.2, 0.25) is 11.8 Å². The number of fused-ring (bicyclic) bond motifs is 15. The number of aromatic nitrogens is 9. The van der Waals surface area contributed by atoms with Gasteiger partial charge < -0.3 is 95.6 Å². The SMILES string of the molecule is CO/C(C)=C1/NC(=O)[C@H]([C@@H](C)O)NC(=O)c2csc(n2)-c2cc(O)c(-c3nc(C(=O)NC(CN(C)CCCn4ccnc4)C(N)=O)cs3)nc2-c2csc(n2)[C@@H]2COC(=O)c3c4c5c(cccc5n3O)COC(=O)[C@@H](O[C@H]3C[C@](C)(O)[C@H](N(C)C)[C@H](C)O3)[C@@H](OC4)[C@H](NC(=O)c3csc1n3)c1nc(cs1)C(=O)N2. The molecule has 9 aromatic rings. The Morgan fingerprint density at radius 3 is 2.28 bits per heavy atom. The standard InChI is InChI=1S/C68H73N17O18S5/c1-29(86)46-60(93)80-47(30(2)98-8)63-75-41(27-106-63)59(92)81-50-52-53(103-44-18-68(4,96)54(82(5)6)31(3)102-44)67(95)100-20-32-11-9-12-42-45(32)34(21-99-52)51(85(42)97)66(94)101-22-36(72-57(90)39-26-108-65(50)77-39)62-73-37(23-105-62)48-33(61-74-40(24-104-61)58(91)79-46)17-43(87)49(78-48)64-76-38(25-107-64)56(89)71-35(55(69)88)19-83(7)14-10-15-84-16-13-70-28-84/h9,11-13,16-17,23-29,31,35-36,44,46,50,52-54,86-87,96-97H,10,14-15,18-22H2,1-8H3,(H2,69,88)(H,71,89)(H,72,90)(H,79,91)(H,80,93)(H,81,92)/b47-30+/t29-,31+,35?,36+,44+,46+,50+,52+,53+,54-,68+/m1/s1. The fourth-order valence-electron chi connectivity index (χ4n) is 13.3. The number of imidazole rings is 1. The second kappa shape index (κ2) is 31.6. The number of aliphatic hydroxyl groups excluding tert-OH is 1. The molecule has 1 saturated heterocycles. The maximum absolute atomic E-state index is 15.2. The third kappa shape index (κ3) is 15.8. The molecule has 0 spiro atoms. The molecule has 1 unspecified atom stereocenters. The number of thiazole rings is 5. The number of aryl methyl sites for hydroxylation is 1. The van der Waals surface area contributed by atoms with Crippen molar-refractivity contribution in [1.29, 1.82) is 0 Å². The zero-order chi connectivity index (χ0) is 76.7. The van der Waals surface area contributed by atoms with Crippen molar-refractivity contribution >= 4 is 121 Å². The molecule has 4 aliphatic heterocycles. The number of amides is 6. The minimum Gasteiger partial charge on any atom is -0.506 e. The molecule has 40 heteroatoms. The van der Waals surface area contributed by atoms with Gasteiger partial charge in [0.05, 0.1) is 49.4 Å². The number of allylic oxidation sites excluding steroid dienone is 1. The lowest BCUT2D eigenvalue weighted by molar-refractivity contribution is -0.280. The van der Waals surface area contributed by atoms with Crippen molar-refractivity contribution < 1.29 is 87.3 Å². The molecule has 8 aromatic heterocycles. The third-order valence-corrected chi connectivity index (χ3v) is 22.9. The highest BCUT2D eigenvalue weighted by Gasteiger charge is 2.50. The van der Waals surface area contributed by atoms with E-state index in [-0.39, 0.29) is 111 Å². The average molecular weight is 1580 g/mol. The molecule has 0 radical (unpaired) electrons. The van der Waals surface area contributed by atoms with Gasteiger partial charge in [-0.25, -0.2) is 44.5 Å². The first-order valence-corrected chi connectivity index (χ1v) is 38.0. The molecule has 0 aliphatic carbocycles. The van der Waals surface area contributed by atoms with Crippen LogP contribution in [0.1, 0.15) is 131 Å². The van der Waals surface area contributed by atoms with Crippen LogP contribution in [0.25, 0.3) is 49.3 Å².